The lowest BCUT2D eigenvalue weighted by atomic mass is 9.84. The summed E-state index contributed by atoms with van der Waals surface area (Å²) in [6.45, 7) is 14.4. The molecule has 1 saturated heterocycles. The van der Waals surface area contributed by atoms with Gasteiger partial charge in [-0.2, -0.15) is 24.4 Å². The zero-order valence-electron chi connectivity index (χ0n) is 24.7. The van der Waals surface area contributed by atoms with Crippen LogP contribution in [0.3, 0.4) is 0 Å². The zero-order chi connectivity index (χ0) is 27.2. The Balaban J connectivity index is -0.000000146. The van der Waals surface area contributed by atoms with E-state index < -0.39 is 0 Å². The van der Waals surface area contributed by atoms with Gasteiger partial charge in [0, 0.05) is 37.4 Å². The fourth-order valence-electron chi connectivity index (χ4n) is 3.62. The minimum Gasteiger partial charge on any atom is -0.391 e. The highest BCUT2D eigenvalue weighted by molar-refractivity contribution is 7.99. The molecule has 0 radical (unpaired) electrons. The van der Waals surface area contributed by atoms with E-state index >= 15 is 0 Å². The van der Waals surface area contributed by atoms with Gasteiger partial charge >= 0.3 is 1.43 Å². The van der Waals surface area contributed by atoms with Crippen molar-refractivity contribution in [1.29, 1.82) is 0 Å². The predicted octanol–water partition coefficient (Wildman–Crippen LogP) is 4.78. The minimum absolute atomic E-state index is 0. The molecule has 1 aliphatic heterocycles. The van der Waals surface area contributed by atoms with E-state index in [9.17, 15) is 14.7 Å². The van der Waals surface area contributed by atoms with Crippen molar-refractivity contribution in [3.05, 3.63) is 0 Å². The number of aliphatic hydroxyl groups excluding tert-OH is 2. The molecule has 0 spiro atoms. The van der Waals surface area contributed by atoms with Crippen molar-refractivity contribution in [2.45, 2.75) is 86.9 Å². The van der Waals surface area contributed by atoms with Gasteiger partial charge in [0.1, 0.15) is 24.7 Å². The summed E-state index contributed by atoms with van der Waals surface area (Å²) in [6, 6.07) is 0. The van der Waals surface area contributed by atoms with E-state index in [-0.39, 0.29) is 33.3 Å². The average Bonchev–Trinajstić information content (AvgIpc) is 2.69. The topological polar surface area (TPSA) is 77.8 Å². The van der Waals surface area contributed by atoms with Gasteiger partial charge in [0.25, 0.3) is 0 Å². The van der Waals surface area contributed by atoms with Crippen molar-refractivity contribution in [1.82, 2.24) is 4.90 Å². The molecule has 1 rings (SSSR count). The van der Waals surface area contributed by atoms with Gasteiger partial charge in [0.2, 0.25) is 0 Å². The molecule has 0 amide bonds. The Morgan fingerprint density at radius 2 is 1.51 bits per heavy atom. The van der Waals surface area contributed by atoms with Crippen molar-refractivity contribution in [2.24, 2.45) is 10.8 Å². The molecule has 1 atom stereocenters. The standard InChI is InChI=1S/C13H27NO2S.C8H16OS.C5H12NO.CH4.H2/c1-6-12(16)13(2,3)7-8-17-10-11(15)9-14(4)5;1-4-7(9)8(2,3)5-6-10;1-6(2)3-5(7)4-6;;/h11,15H,6-10H2,1-5H3;10H,4-6H2,1-3H3;5,7H,3-4H2,1-2H3;1H4;1H/q;;+1;;/p+1/i;;;;1+1. The van der Waals surface area contributed by atoms with Crippen molar-refractivity contribution in [2.75, 3.05) is 65.1 Å². The van der Waals surface area contributed by atoms with E-state index in [1.54, 1.807) is 11.8 Å². The van der Waals surface area contributed by atoms with E-state index in [2.05, 4.69) is 26.7 Å². The smallest absolute Gasteiger partial charge is 0.391 e. The first-order valence-corrected chi connectivity index (χ1v) is 14.3. The highest BCUT2D eigenvalue weighted by atomic mass is 32.2. The molecule has 1 aliphatic rings. The number of likely N-dealkylation sites (tertiary alicyclic amines) is 1. The first-order chi connectivity index (χ1) is 15.4. The molecule has 214 valence electrons. The van der Waals surface area contributed by atoms with Crippen LogP contribution in [0, 0.1) is 10.8 Å². The summed E-state index contributed by atoms with van der Waals surface area (Å²) in [5, 5.41) is 18.4. The van der Waals surface area contributed by atoms with E-state index in [4.69, 9.17) is 5.11 Å². The molecule has 6 nitrogen and oxygen atoms in total. The Morgan fingerprint density at radius 1 is 1.09 bits per heavy atom. The summed E-state index contributed by atoms with van der Waals surface area (Å²) >= 11 is 5.82. The van der Waals surface area contributed by atoms with Crippen LogP contribution in [0.25, 0.3) is 0 Å². The van der Waals surface area contributed by atoms with Crippen molar-refractivity contribution in [3.8, 4) is 0 Å². The second kappa shape index (κ2) is 19.0. The van der Waals surface area contributed by atoms with E-state index in [1.165, 1.54) is 0 Å². The number of thiol groups is 1. The summed E-state index contributed by atoms with van der Waals surface area (Å²) in [6.07, 6.45) is 2.72. The van der Waals surface area contributed by atoms with Gasteiger partial charge in [-0.1, -0.05) is 49.0 Å². The third-order valence-corrected chi connectivity index (χ3v) is 7.39. The SMILES string of the molecule is C.CCC(=O)C(C)(C)CCS.CCC(=O)C(C)(C)CCSCC(O)CN(C)C.C[N+]1(C)CC(O)C1.[2HH].[H+]. The fraction of sp³-hybridized carbons (Fsp3) is 0.926. The lowest BCUT2D eigenvalue weighted by Crippen LogP contribution is -2.61. The number of carbonyl (C=O) groups is 2. The maximum atomic E-state index is 11.6. The Labute approximate surface area is 230 Å². The van der Waals surface area contributed by atoms with Gasteiger partial charge in [-0.25, -0.2) is 0 Å². The molecule has 1 unspecified atom stereocenters. The van der Waals surface area contributed by atoms with Crippen LogP contribution in [-0.2, 0) is 9.59 Å². The Morgan fingerprint density at radius 3 is 1.80 bits per heavy atom. The lowest BCUT2D eigenvalue weighted by Gasteiger charge is -2.41. The molecule has 0 aromatic rings. The highest BCUT2D eigenvalue weighted by Gasteiger charge is 2.34. The van der Waals surface area contributed by atoms with Crippen LogP contribution in [0.1, 0.15) is 77.5 Å². The Bertz CT molecular complexity index is 585. The number of thioether (sulfide) groups is 1. The van der Waals surface area contributed by atoms with Crippen LogP contribution in [-0.4, -0.2) is 108 Å². The number of hydrogen-bond donors (Lipinski definition) is 3. The molecule has 0 aromatic carbocycles. The average molecular weight is 544 g/mol. The first kappa shape index (κ1) is 39.4. The number of rotatable bonds is 13. The number of quaternary nitrogens is 1. The number of carbonyl (C=O) groups excluding carboxylic acids is 2. The third-order valence-electron chi connectivity index (χ3n) is 6.06. The summed E-state index contributed by atoms with van der Waals surface area (Å²) in [5.41, 5.74) is -0.370. The highest BCUT2D eigenvalue weighted by Crippen LogP contribution is 2.25. The molecule has 0 aliphatic carbocycles. The van der Waals surface area contributed by atoms with Gasteiger partial charge in [0.05, 0.1) is 20.2 Å². The summed E-state index contributed by atoms with van der Waals surface area (Å²) in [4.78, 5) is 24.8. The van der Waals surface area contributed by atoms with E-state index in [0.717, 1.165) is 47.7 Å². The van der Waals surface area contributed by atoms with Crippen LogP contribution < -0.4 is 0 Å². The van der Waals surface area contributed by atoms with Crippen molar-refractivity contribution in [3.63, 3.8) is 0 Å². The number of hydrogen-bond acceptors (Lipinski definition) is 7. The second-order valence-corrected chi connectivity index (χ2v) is 13.1. The first-order valence-electron chi connectivity index (χ1n) is 12.5. The number of likely N-dealkylation sites (N-methyl/N-ethyl adjacent to an activating group) is 2. The molecule has 1 heterocycles. The van der Waals surface area contributed by atoms with Crippen molar-refractivity contribution >= 4 is 36.0 Å². The molecule has 0 bridgehead atoms. The van der Waals surface area contributed by atoms with Crippen LogP contribution >= 0.6 is 24.4 Å². The van der Waals surface area contributed by atoms with E-state index in [0.29, 0.717) is 31.0 Å². The molecule has 8 heteroatoms. The van der Waals surface area contributed by atoms with Crippen LogP contribution in [0.4, 0.5) is 0 Å². The molecular weight excluding hydrogens is 480 g/mol. The fourth-order valence-corrected chi connectivity index (χ4v) is 5.38. The van der Waals surface area contributed by atoms with Crippen LogP contribution in [0.2, 0.25) is 0 Å². The Hall–Kier alpha value is -0.120. The largest absolute Gasteiger partial charge is 1.00 e. The lowest BCUT2D eigenvalue weighted by molar-refractivity contribution is -0.937. The van der Waals surface area contributed by atoms with Gasteiger partial charge in [-0.15, -0.1) is 0 Å². The molecule has 0 saturated carbocycles. The normalized spacial score (nSPS) is 16.1. The summed E-state index contributed by atoms with van der Waals surface area (Å²) in [5.74, 6) is 3.13. The summed E-state index contributed by atoms with van der Waals surface area (Å²) < 4.78 is 0.987. The van der Waals surface area contributed by atoms with Crippen LogP contribution in [0.15, 0.2) is 0 Å². The van der Waals surface area contributed by atoms with Gasteiger partial charge < -0.3 is 19.6 Å². The Kier molecular flexibility index (Phi) is 21.4. The molecule has 35 heavy (non-hydrogen) atoms. The minimum atomic E-state index is -0.278. The van der Waals surface area contributed by atoms with E-state index in [1.807, 2.05) is 60.5 Å². The quantitative estimate of drug-likeness (QED) is 0.176. The van der Waals surface area contributed by atoms with Gasteiger partial charge in [-0.3, -0.25) is 9.59 Å². The summed E-state index contributed by atoms with van der Waals surface area (Å²) in [7, 11) is 8.15. The zero-order valence-corrected chi connectivity index (χ0v) is 25.4. The second-order valence-electron chi connectivity index (χ2n) is 11.5. The van der Waals surface area contributed by atoms with Crippen LogP contribution in [0.5, 0.6) is 0 Å². The predicted molar refractivity (Wildman–Crippen MR) is 161 cm³/mol. The molecular formula is C27H62N2O4S2+2. The van der Waals surface area contributed by atoms with Crippen molar-refractivity contribution < 1.29 is 27.1 Å². The molecule has 2 N–H and O–H groups in total. The monoisotopic (exact) mass is 543 g/mol. The number of nitrogens with zero attached hydrogens (tertiary/aromatic N) is 2. The molecule has 1 fully saturated rings. The number of aliphatic hydroxyl groups is 2. The maximum absolute atomic E-state index is 11.6. The van der Waals surface area contributed by atoms with Gasteiger partial charge in [0.15, 0.2) is 6.10 Å². The maximum Gasteiger partial charge on any atom is 1.00 e. The number of Topliss-reactive ketones (excluding diaryl/α,β-unsaturated/α-hetero) is 2. The van der Waals surface area contributed by atoms with Gasteiger partial charge in [-0.05, 0) is 38.4 Å². The number of ketones is 2. The molecule has 0 aromatic heterocycles. The third kappa shape index (κ3) is 19.6.